The summed E-state index contributed by atoms with van der Waals surface area (Å²) in [6.45, 7) is 5.88. The number of aliphatic hydroxyl groups is 1. The SMILES string of the molecule is CC(C)(C)OC(=O)/N=C(\CO)CCC1CO1. The summed E-state index contributed by atoms with van der Waals surface area (Å²) in [6, 6.07) is 0. The monoisotopic (exact) mass is 229 g/mol. The van der Waals surface area contributed by atoms with Crippen LogP contribution in [0.15, 0.2) is 4.99 Å². The van der Waals surface area contributed by atoms with E-state index < -0.39 is 11.7 Å². The van der Waals surface area contributed by atoms with Crippen LogP contribution >= 0.6 is 0 Å². The lowest BCUT2D eigenvalue weighted by Crippen LogP contribution is -2.23. The van der Waals surface area contributed by atoms with Gasteiger partial charge in [0.2, 0.25) is 0 Å². The molecule has 0 aliphatic carbocycles. The molecule has 5 nitrogen and oxygen atoms in total. The first-order valence-electron chi connectivity index (χ1n) is 5.42. The molecule has 1 aliphatic heterocycles. The Morgan fingerprint density at radius 1 is 1.56 bits per heavy atom. The normalized spacial score (nSPS) is 20.8. The van der Waals surface area contributed by atoms with Crippen LogP contribution in [0.4, 0.5) is 4.79 Å². The van der Waals surface area contributed by atoms with E-state index in [2.05, 4.69) is 4.99 Å². The van der Waals surface area contributed by atoms with Gasteiger partial charge in [0.25, 0.3) is 0 Å². The van der Waals surface area contributed by atoms with Crippen molar-refractivity contribution in [3.05, 3.63) is 0 Å². The van der Waals surface area contributed by atoms with E-state index >= 15 is 0 Å². The molecule has 16 heavy (non-hydrogen) atoms. The quantitative estimate of drug-likeness (QED) is 0.586. The summed E-state index contributed by atoms with van der Waals surface area (Å²) < 4.78 is 10.1. The van der Waals surface area contributed by atoms with E-state index in [1.165, 1.54) is 0 Å². The fraction of sp³-hybridized carbons (Fsp3) is 0.818. The zero-order valence-electron chi connectivity index (χ0n) is 10.0. The van der Waals surface area contributed by atoms with Crippen LogP contribution in [-0.4, -0.2) is 41.8 Å². The maximum Gasteiger partial charge on any atom is 0.434 e. The molecule has 1 unspecified atom stereocenters. The van der Waals surface area contributed by atoms with Crippen molar-refractivity contribution < 1.29 is 19.4 Å². The van der Waals surface area contributed by atoms with E-state index in [1.807, 2.05) is 0 Å². The number of hydrogen-bond acceptors (Lipinski definition) is 4. The van der Waals surface area contributed by atoms with E-state index in [1.54, 1.807) is 20.8 Å². The van der Waals surface area contributed by atoms with Gasteiger partial charge in [-0.25, -0.2) is 4.79 Å². The first kappa shape index (κ1) is 13.1. The number of aliphatic hydroxyl groups excluding tert-OH is 1. The Balaban J connectivity index is 2.39. The summed E-state index contributed by atoms with van der Waals surface area (Å²) in [5.74, 6) is 0. The number of hydrogen-bond donors (Lipinski definition) is 1. The molecule has 0 saturated carbocycles. The Morgan fingerprint density at radius 2 is 2.19 bits per heavy atom. The largest absolute Gasteiger partial charge is 0.442 e. The smallest absolute Gasteiger partial charge is 0.434 e. The summed E-state index contributed by atoms with van der Waals surface area (Å²) in [5.41, 5.74) is -0.106. The first-order valence-corrected chi connectivity index (χ1v) is 5.42. The number of epoxide rings is 1. The second kappa shape index (κ2) is 5.41. The van der Waals surface area contributed by atoms with Crippen LogP contribution in [0.5, 0.6) is 0 Å². The Hall–Kier alpha value is -0.940. The van der Waals surface area contributed by atoms with Gasteiger partial charge < -0.3 is 14.6 Å². The van der Waals surface area contributed by atoms with Gasteiger partial charge in [0.1, 0.15) is 5.60 Å². The minimum absolute atomic E-state index is 0.216. The van der Waals surface area contributed by atoms with Gasteiger partial charge in [-0.3, -0.25) is 0 Å². The number of carbonyl (C=O) groups excluding carboxylic acids is 1. The fourth-order valence-corrected chi connectivity index (χ4v) is 1.15. The van der Waals surface area contributed by atoms with Crippen LogP contribution in [0, 0.1) is 0 Å². The van der Waals surface area contributed by atoms with Crippen molar-refractivity contribution in [2.24, 2.45) is 4.99 Å². The van der Waals surface area contributed by atoms with E-state index in [0.29, 0.717) is 12.1 Å². The van der Waals surface area contributed by atoms with Gasteiger partial charge in [0.15, 0.2) is 0 Å². The molecular formula is C11H19NO4. The highest BCUT2D eigenvalue weighted by Gasteiger charge is 2.23. The topological polar surface area (TPSA) is 71.4 Å². The number of amides is 1. The van der Waals surface area contributed by atoms with Gasteiger partial charge >= 0.3 is 6.09 Å². The van der Waals surface area contributed by atoms with Crippen LogP contribution in [0.2, 0.25) is 0 Å². The molecule has 0 aromatic heterocycles. The van der Waals surface area contributed by atoms with Crippen molar-refractivity contribution in [2.45, 2.75) is 45.3 Å². The molecule has 0 aromatic rings. The molecule has 1 heterocycles. The van der Waals surface area contributed by atoms with Gasteiger partial charge in [0, 0.05) is 0 Å². The Morgan fingerprint density at radius 3 is 2.62 bits per heavy atom. The number of ether oxygens (including phenoxy) is 2. The standard InChI is InChI=1S/C11H19NO4/c1-11(2,3)16-10(14)12-8(6-13)4-5-9-7-15-9/h9,13H,4-7H2,1-3H3/b12-8-. The molecule has 1 atom stereocenters. The number of aliphatic imine (C=N–C) groups is 1. The highest BCUT2D eigenvalue weighted by Crippen LogP contribution is 2.16. The van der Waals surface area contributed by atoms with Crippen molar-refractivity contribution in [3.63, 3.8) is 0 Å². The molecule has 1 aliphatic rings. The summed E-state index contributed by atoms with van der Waals surface area (Å²) >= 11 is 0. The van der Waals surface area contributed by atoms with E-state index in [0.717, 1.165) is 13.0 Å². The molecule has 1 N–H and O–H groups in total. The van der Waals surface area contributed by atoms with Crippen LogP contribution in [-0.2, 0) is 9.47 Å². The fourth-order valence-electron chi connectivity index (χ4n) is 1.15. The molecule has 92 valence electrons. The maximum atomic E-state index is 11.3. The zero-order chi connectivity index (χ0) is 12.2. The van der Waals surface area contributed by atoms with E-state index in [4.69, 9.17) is 14.6 Å². The average molecular weight is 229 g/mol. The van der Waals surface area contributed by atoms with Crippen molar-refractivity contribution in [1.82, 2.24) is 0 Å². The van der Waals surface area contributed by atoms with Crippen LogP contribution in [0.3, 0.4) is 0 Å². The van der Waals surface area contributed by atoms with Gasteiger partial charge in [0.05, 0.1) is 25.0 Å². The molecule has 1 fully saturated rings. The first-order chi connectivity index (χ1) is 7.40. The highest BCUT2D eigenvalue weighted by atomic mass is 16.6. The molecule has 1 saturated heterocycles. The van der Waals surface area contributed by atoms with Crippen molar-refractivity contribution >= 4 is 11.8 Å². The van der Waals surface area contributed by atoms with E-state index in [-0.39, 0.29) is 12.7 Å². The molecule has 0 aromatic carbocycles. The third kappa shape index (κ3) is 5.82. The number of nitrogens with zero attached hydrogens (tertiary/aromatic N) is 1. The number of rotatable bonds is 4. The lowest BCUT2D eigenvalue weighted by molar-refractivity contribution is 0.0602. The van der Waals surface area contributed by atoms with Crippen molar-refractivity contribution in [1.29, 1.82) is 0 Å². The molecular weight excluding hydrogens is 210 g/mol. The predicted octanol–water partition coefficient (Wildman–Crippen LogP) is 1.53. The molecule has 0 spiro atoms. The second-order valence-electron chi connectivity index (χ2n) is 4.81. The Kier molecular flexibility index (Phi) is 4.44. The molecule has 0 radical (unpaired) electrons. The Bertz CT molecular complexity index is 276. The van der Waals surface area contributed by atoms with Crippen LogP contribution < -0.4 is 0 Å². The summed E-state index contributed by atoms with van der Waals surface area (Å²) in [4.78, 5) is 15.1. The Labute approximate surface area is 95.5 Å². The van der Waals surface area contributed by atoms with Crippen LogP contribution in [0.1, 0.15) is 33.6 Å². The number of carbonyl (C=O) groups is 1. The van der Waals surface area contributed by atoms with Gasteiger partial charge in [-0.15, -0.1) is 0 Å². The minimum Gasteiger partial charge on any atom is -0.442 e. The van der Waals surface area contributed by atoms with E-state index in [9.17, 15) is 4.79 Å². The van der Waals surface area contributed by atoms with Gasteiger partial charge in [-0.1, -0.05) is 0 Å². The average Bonchev–Trinajstić information content (AvgIpc) is 2.92. The second-order valence-corrected chi connectivity index (χ2v) is 4.81. The highest BCUT2D eigenvalue weighted by molar-refractivity contribution is 5.94. The third-order valence-corrected chi connectivity index (χ3v) is 1.98. The van der Waals surface area contributed by atoms with Crippen LogP contribution in [0.25, 0.3) is 0 Å². The maximum absolute atomic E-state index is 11.3. The van der Waals surface area contributed by atoms with Gasteiger partial charge in [-0.05, 0) is 33.6 Å². The lowest BCUT2D eigenvalue weighted by atomic mass is 10.2. The summed E-state index contributed by atoms with van der Waals surface area (Å²) in [5, 5.41) is 9.03. The van der Waals surface area contributed by atoms with Crippen molar-refractivity contribution in [3.8, 4) is 0 Å². The molecule has 1 rings (SSSR count). The third-order valence-electron chi connectivity index (χ3n) is 1.98. The summed E-state index contributed by atoms with van der Waals surface area (Å²) in [6.07, 6.45) is 0.992. The molecule has 0 bridgehead atoms. The van der Waals surface area contributed by atoms with Crippen molar-refractivity contribution in [2.75, 3.05) is 13.2 Å². The zero-order valence-corrected chi connectivity index (χ0v) is 10.0. The van der Waals surface area contributed by atoms with Gasteiger partial charge in [-0.2, -0.15) is 4.99 Å². The predicted molar refractivity (Wildman–Crippen MR) is 59.7 cm³/mol. The molecule has 5 heteroatoms. The lowest BCUT2D eigenvalue weighted by Gasteiger charge is -2.17. The summed E-state index contributed by atoms with van der Waals surface area (Å²) in [7, 11) is 0. The minimum atomic E-state index is -0.645. The molecule has 1 amide bonds.